The van der Waals surface area contributed by atoms with Crippen LogP contribution in [-0.2, 0) is 27.8 Å². The van der Waals surface area contributed by atoms with Gasteiger partial charge >= 0.3 is 0 Å². The van der Waals surface area contributed by atoms with E-state index in [1.54, 1.807) is 23.1 Å². The number of fused-ring (bicyclic) bond motifs is 4. The second-order valence-electron chi connectivity index (χ2n) is 7.42. The standard InChI is InChI=1S/C21H22N4O3S/c1-2-20(26)23-11-5-6-15-14-16(9-10-18(15)23)29(27,28)25-13-12-24-19-8-4-3-7-17(19)22-21(24)25/h3-4,7-10,14H,2,5-6,11-13H2,1H3. The van der Waals surface area contributed by atoms with Gasteiger partial charge < -0.3 is 9.47 Å². The fourth-order valence-corrected chi connectivity index (χ4v) is 5.77. The Morgan fingerprint density at radius 2 is 1.93 bits per heavy atom. The molecule has 8 heteroatoms. The first-order valence-electron chi connectivity index (χ1n) is 9.92. The third kappa shape index (κ3) is 2.73. The summed E-state index contributed by atoms with van der Waals surface area (Å²) in [4.78, 5) is 18.8. The molecule has 0 aliphatic carbocycles. The SMILES string of the molecule is CCC(=O)N1CCCc2cc(S(=O)(=O)N3CCn4c3nc3ccccc34)ccc21. The number of amides is 1. The van der Waals surface area contributed by atoms with Gasteiger partial charge in [0.2, 0.25) is 11.9 Å². The molecular weight excluding hydrogens is 388 g/mol. The molecule has 0 saturated carbocycles. The topological polar surface area (TPSA) is 75.5 Å². The van der Waals surface area contributed by atoms with E-state index in [1.807, 2.05) is 35.8 Å². The fraction of sp³-hybridized carbons (Fsp3) is 0.333. The van der Waals surface area contributed by atoms with Crippen LogP contribution in [0.2, 0.25) is 0 Å². The van der Waals surface area contributed by atoms with Crippen molar-refractivity contribution in [3.05, 3.63) is 48.0 Å². The largest absolute Gasteiger partial charge is 0.312 e. The number of hydrogen-bond acceptors (Lipinski definition) is 4. The van der Waals surface area contributed by atoms with Crippen LogP contribution in [-0.4, -0.2) is 37.0 Å². The van der Waals surface area contributed by atoms with Gasteiger partial charge in [-0.1, -0.05) is 19.1 Å². The van der Waals surface area contributed by atoms with Crippen LogP contribution in [0.15, 0.2) is 47.4 Å². The predicted molar refractivity (Wildman–Crippen MR) is 112 cm³/mol. The van der Waals surface area contributed by atoms with Crippen molar-refractivity contribution in [1.82, 2.24) is 9.55 Å². The first-order valence-corrected chi connectivity index (χ1v) is 11.4. The molecule has 0 radical (unpaired) electrons. The molecule has 3 heterocycles. The van der Waals surface area contributed by atoms with Crippen molar-refractivity contribution in [2.75, 3.05) is 22.3 Å². The van der Waals surface area contributed by atoms with Gasteiger partial charge in [-0.25, -0.2) is 17.7 Å². The Labute approximate surface area is 169 Å². The van der Waals surface area contributed by atoms with Gasteiger partial charge in [0, 0.05) is 25.2 Å². The van der Waals surface area contributed by atoms with Crippen LogP contribution in [0.25, 0.3) is 11.0 Å². The van der Waals surface area contributed by atoms with Gasteiger partial charge in [0.25, 0.3) is 10.0 Å². The van der Waals surface area contributed by atoms with Crippen molar-refractivity contribution in [2.24, 2.45) is 0 Å². The Kier molecular flexibility index (Phi) is 4.13. The maximum Gasteiger partial charge on any atom is 0.266 e. The number of rotatable bonds is 3. The second-order valence-corrected chi connectivity index (χ2v) is 9.28. The van der Waals surface area contributed by atoms with Gasteiger partial charge in [-0.05, 0) is 48.7 Å². The van der Waals surface area contributed by atoms with Crippen LogP contribution >= 0.6 is 0 Å². The smallest absolute Gasteiger partial charge is 0.266 e. The van der Waals surface area contributed by atoms with Crippen LogP contribution in [0.1, 0.15) is 25.3 Å². The third-order valence-electron chi connectivity index (χ3n) is 5.75. The molecule has 29 heavy (non-hydrogen) atoms. The molecule has 1 aromatic heterocycles. The molecule has 5 rings (SSSR count). The highest BCUT2D eigenvalue weighted by molar-refractivity contribution is 7.92. The number of aryl methyl sites for hydroxylation is 1. The van der Waals surface area contributed by atoms with E-state index in [0.717, 1.165) is 35.1 Å². The van der Waals surface area contributed by atoms with E-state index >= 15 is 0 Å². The molecule has 2 aliphatic heterocycles. The number of sulfonamides is 1. The highest BCUT2D eigenvalue weighted by atomic mass is 32.2. The Morgan fingerprint density at radius 1 is 1.10 bits per heavy atom. The number of nitrogens with zero attached hydrogens (tertiary/aromatic N) is 4. The summed E-state index contributed by atoms with van der Waals surface area (Å²) in [5.41, 5.74) is 3.48. The van der Waals surface area contributed by atoms with Gasteiger partial charge in [-0.3, -0.25) is 4.79 Å². The van der Waals surface area contributed by atoms with Crippen molar-refractivity contribution in [1.29, 1.82) is 0 Å². The van der Waals surface area contributed by atoms with E-state index in [1.165, 1.54) is 4.31 Å². The third-order valence-corrected chi connectivity index (χ3v) is 7.52. The summed E-state index contributed by atoms with van der Waals surface area (Å²) in [5, 5.41) is 0. The first-order chi connectivity index (χ1) is 14.0. The van der Waals surface area contributed by atoms with E-state index in [-0.39, 0.29) is 10.8 Å². The molecule has 3 aromatic rings. The van der Waals surface area contributed by atoms with Gasteiger partial charge in [-0.15, -0.1) is 0 Å². The summed E-state index contributed by atoms with van der Waals surface area (Å²) in [5.74, 6) is 0.529. The van der Waals surface area contributed by atoms with Crippen LogP contribution in [0.3, 0.4) is 0 Å². The van der Waals surface area contributed by atoms with Crippen molar-refractivity contribution >= 4 is 38.6 Å². The highest BCUT2D eigenvalue weighted by Crippen LogP contribution is 2.34. The normalized spacial score (nSPS) is 16.2. The molecule has 7 nitrogen and oxygen atoms in total. The molecule has 0 fully saturated rings. The lowest BCUT2D eigenvalue weighted by Gasteiger charge is -2.30. The van der Waals surface area contributed by atoms with E-state index in [9.17, 15) is 13.2 Å². The second kappa shape index (κ2) is 6.59. The van der Waals surface area contributed by atoms with E-state index in [0.29, 0.717) is 32.0 Å². The quantitative estimate of drug-likeness (QED) is 0.665. The summed E-state index contributed by atoms with van der Waals surface area (Å²) in [6.07, 6.45) is 2.04. The molecule has 2 aromatic carbocycles. The Bertz CT molecular complexity index is 1230. The van der Waals surface area contributed by atoms with Crippen LogP contribution in [0.4, 0.5) is 11.6 Å². The molecule has 0 N–H and O–H groups in total. The van der Waals surface area contributed by atoms with E-state index < -0.39 is 10.0 Å². The van der Waals surface area contributed by atoms with Crippen LogP contribution < -0.4 is 9.21 Å². The van der Waals surface area contributed by atoms with E-state index in [4.69, 9.17) is 0 Å². The molecule has 150 valence electrons. The number of carbonyl (C=O) groups is 1. The summed E-state index contributed by atoms with van der Waals surface area (Å²) in [7, 11) is -3.73. The zero-order valence-electron chi connectivity index (χ0n) is 16.2. The van der Waals surface area contributed by atoms with Gasteiger partial charge in [0.1, 0.15) is 0 Å². The number of carbonyl (C=O) groups excluding carboxylic acids is 1. The summed E-state index contributed by atoms with van der Waals surface area (Å²) in [6.45, 7) is 3.47. The average molecular weight is 410 g/mol. The van der Waals surface area contributed by atoms with E-state index in [2.05, 4.69) is 4.98 Å². The summed E-state index contributed by atoms with van der Waals surface area (Å²) < 4.78 is 30.2. The number of imidazole rings is 1. The number of hydrogen-bond donors (Lipinski definition) is 0. The molecule has 0 saturated heterocycles. The number of para-hydroxylation sites is 2. The maximum absolute atomic E-state index is 13.4. The Balaban J connectivity index is 1.55. The lowest BCUT2D eigenvalue weighted by atomic mass is 10.0. The van der Waals surface area contributed by atoms with Gasteiger partial charge in [-0.2, -0.15) is 0 Å². The minimum atomic E-state index is -3.73. The molecule has 0 spiro atoms. The van der Waals surface area contributed by atoms with Gasteiger partial charge in [0.05, 0.1) is 22.5 Å². The van der Waals surface area contributed by atoms with Crippen LogP contribution in [0.5, 0.6) is 0 Å². The number of aromatic nitrogens is 2. The van der Waals surface area contributed by atoms with Gasteiger partial charge in [0.15, 0.2) is 0 Å². The fourth-order valence-electron chi connectivity index (χ4n) is 4.30. The molecule has 0 bridgehead atoms. The predicted octanol–water partition coefficient (Wildman–Crippen LogP) is 2.93. The average Bonchev–Trinajstić information content (AvgIpc) is 3.31. The zero-order chi connectivity index (χ0) is 20.2. The lowest BCUT2D eigenvalue weighted by molar-refractivity contribution is -0.118. The monoisotopic (exact) mass is 410 g/mol. The minimum absolute atomic E-state index is 0.0646. The highest BCUT2D eigenvalue weighted by Gasteiger charge is 2.34. The summed E-state index contributed by atoms with van der Waals surface area (Å²) in [6, 6.07) is 12.8. The molecule has 2 aliphatic rings. The van der Waals surface area contributed by atoms with Crippen molar-refractivity contribution in [3.8, 4) is 0 Å². The number of benzene rings is 2. The van der Waals surface area contributed by atoms with Crippen molar-refractivity contribution in [3.63, 3.8) is 0 Å². The molecular formula is C21H22N4O3S. The zero-order valence-corrected chi connectivity index (χ0v) is 17.0. The molecule has 0 unspecified atom stereocenters. The Morgan fingerprint density at radius 3 is 2.76 bits per heavy atom. The van der Waals surface area contributed by atoms with Crippen molar-refractivity contribution in [2.45, 2.75) is 37.6 Å². The number of anilines is 2. The first kappa shape index (κ1) is 18.2. The van der Waals surface area contributed by atoms with Crippen molar-refractivity contribution < 1.29 is 13.2 Å². The minimum Gasteiger partial charge on any atom is -0.312 e. The maximum atomic E-state index is 13.4. The summed E-state index contributed by atoms with van der Waals surface area (Å²) >= 11 is 0. The lowest BCUT2D eigenvalue weighted by Crippen LogP contribution is -2.35. The molecule has 1 amide bonds. The molecule has 0 atom stereocenters. The Hall–Kier alpha value is -2.87. The van der Waals surface area contributed by atoms with Crippen LogP contribution in [0, 0.1) is 0 Å².